The molecule has 2 aliphatic heterocycles. The number of β-amino-alcohol motifs (C(OH)–C–C–N with tert-alkyl or cyclic N) is 1. The van der Waals surface area contributed by atoms with E-state index in [9.17, 15) is 29.5 Å². The summed E-state index contributed by atoms with van der Waals surface area (Å²) in [4.78, 5) is 67.1. The molecule has 2 saturated carbocycles. The van der Waals surface area contributed by atoms with E-state index in [1.54, 1.807) is 41.7 Å². The number of aryl methyl sites for hydroxylation is 1. The second-order valence-electron chi connectivity index (χ2n) is 23.6. The van der Waals surface area contributed by atoms with Gasteiger partial charge in [-0.1, -0.05) is 97.2 Å². The topological polar surface area (TPSA) is 199 Å². The highest BCUT2D eigenvalue weighted by Gasteiger charge is 2.64. The zero-order valence-corrected chi connectivity index (χ0v) is 47.6. The Hall–Kier alpha value is -5.61. The van der Waals surface area contributed by atoms with Crippen molar-refractivity contribution in [3.05, 3.63) is 99.6 Å². The molecule has 77 heavy (non-hydrogen) atoms. The number of aromatic nitrogens is 1. The van der Waals surface area contributed by atoms with Crippen LogP contribution in [0.5, 0.6) is 11.5 Å². The molecule has 0 spiro atoms. The van der Waals surface area contributed by atoms with Crippen molar-refractivity contribution in [2.75, 3.05) is 52.5 Å². The normalized spacial score (nSPS) is 24.2. The van der Waals surface area contributed by atoms with E-state index in [0.717, 1.165) is 80.1 Å². The van der Waals surface area contributed by atoms with Crippen LogP contribution in [0.4, 0.5) is 0 Å². The number of aliphatic hydroxyl groups is 1. The highest BCUT2D eigenvalue weighted by Crippen LogP contribution is 2.55. The van der Waals surface area contributed by atoms with Crippen molar-refractivity contribution in [3.63, 3.8) is 0 Å². The Morgan fingerprint density at radius 3 is 2.25 bits per heavy atom. The van der Waals surface area contributed by atoms with E-state index >= 15 is 0 Å². The van der Waals surface area contributed by atoms with Crippen LogP contribution in [0.3, 0.4) is 0 Å². The predicted octanol–water partition coefficient (Wildman–Crippen LogP) is 7.95. The molecule has 2 aliphatic carbocycles. The molecule has 0 bridgehead atoms. The van der Waals surface area contributed by atoms with E-state index in [1.165, 1.54) is 4.90 Å². The number of halogens is 1. The first-order valence-corrected chi connectivity index (χ1v) is 28.4. The fourth-order valence-corrected chi connectivity index (χ4v) is 13.2. The van der Waals surface area contributed by atoms with Gasteiger partial charge in [0.2, 0.25) is 17.7 Å². The number of rotatable bonds is 18. The van der Waals surface area contributed by atoms with Gasteiger partial charge in [-0.15, -0.1) is 11.3 Å². The summed E-state index contributed by atoms with van der Waals surface area (Å²) in [6, 6.07) is 20.2. The van der Waals surface area contributed by atoms with Gasteiger partial charge >= 0.3 is 0 Å². The summed E-state index contributed by atoms with van der Waals surface area (Å²) < 4.78 is 18.9. The first-order valence-electron chi connectivity index (χ1n) is 27.1. The smallest absolute Gasteiger partial charge is 0.251 e. The van der Waals surface area contributed by atoms with Crippen LogP contribution >= 0.6 is 22.9 Å². The van der Waals surface area contributed by atoms with E-state index in [4.69, 9.17) is 25.8 Å². The van der Waals surface area contributed by atoms with Crippen LogP contribution in [0.2, 0.25) is 5.02 Å². The molecular formula is C59H77ClN8O8S. The monoisotopic (exact) mass is 1090 g/mol. The predicted molar refractivity (Wildman–Crippen MR) is 298 cm³/mol. The van der Waals surface area contributed by atoms with Gasteiger partial charge in [0.1, 0.15) is 49.0 Å². The molecule has 8 rings (SSSR count). The Labute approximate surface area is 463 Å². The average Bonchev–Trinajstić information content (AvgIpc) is 4.04. The molecule has 18 heteroatoms. The third kappa shape index (κ3) is 13.3. The van der Waals surface area contributed by atoms with Crippen molar-refractivity contribution in [1.82, 2.24) is 35.6 Å². The maximum absolute atomic E-state index is 14.4. The van der Waals surface area contributed by atoms with Crippen LogP contribution in [0.15, 0.2) is 72.2 Å². The van der Waals surface area contributed by atoms with Gasteiger partial charge in [-0.25, -0.2) is 4.98 Å². The van der Waals surface area contributed by atoms with Gasteiger partial charge in [0.05, 0.1) is 44.9 Å². The number of carbonyl (C=O) groups is 4. The number of nitriles is 1. The Balaban J connectivity index is 0.764. The first kappa shape index (κ1) is 57.6. The van der Waals surface area contributed by atoms with Crippen molar-refractivity contribution >= 4 is 46.6 Å². The summed E-state index contributed by atoms with van der Waals surface area (Å²) in [5, 5.41) is 29.7. The average molecular weight is 1090 g/mol. The number of nitrogens with zero attached hydrogens (tertiary/aromatic N) is 5. The van der Waals surface area contributed by atoms with Gasteiger partial charge in [0.25, 0.3) is 5.91 Å². The number of aliphatic hydroxyl groups excluding tert-OH is 1. The molecule has 6 atom stereocenters. The molecule has 4 fully saturated rings. The highest BCUT2D eigenvalue weighted by molar-refractivity contribution is 7.13. The molecule has 3 aromatic carbocycles. The zero-order valence-electron chi connectivity index (χ0n) is 46.1. The van der Waals surface area contributed by atoms with Crippen LogP contribution in [0.25, 0.3) is 10.4 Å². The molecule has 414 valence electrons. The molecule has 16 nitrogen and oxygen atoms in total. The largest absolute Gasteiger partial charge is 0.492 e. The summed E-state index contributed by atoms with van der Waals surface area (Å²) >= 11 is 7.85. The Morgan fingerprint density at radius 2 is 1.61 bits per heavy atom. The lowest BCUT2D eigenvalue weighted by molar-refractivity contribution is -0.164. The van der Waals surface area contributed by atoms with Gasteiger partial charge < -0.3 is 40.2 Å². The lowest BCUT2D eigenvalue weighted by Crippen LogP contribution is -2.74. The second-order valence-corrected chi connectivity index (χ2v) is 24.9. The number of thiazole rings is 1. The zero-order chi connectivity index (χ0) is 55.4. The van der Waals surface area contributed by atoms with Crippen molar-refractivity contribution in [2.24, 2.45) is 16.2 Å². The van der Waals surface area contributed by atoms with E-state index in [2.05, 4.69) is 64.5 Å². The van der Waals surface area contributed by atoms with Gasteiger partial charge in [-0.2, -0.15) is 5.26 Å². The molecule has 4 amide bonds. The third-order valence-electron chi connectivity index (χ3n) is 16.3. The molecule has 1 aromatic heterocycles. The van der Waals surface area contributed by atoms with Crippen LogP contribution in [0.1, 0.15) is 121 Å². The number of piperazine rings is 1. The number of hydrogen-bond acceptors (Lipinski definition) is 13. The number of amides is 4. The molecule has 4 aromatic rings. The Bertz CT molecular complexity index is 2750. The minimum atomic E-state index is -0.956. The lowest BCUT2D eigenvalue weighted by atomic mass is 9.49. The summed E-state index contributed by atoms with van der Waals surface area (Å²) in [7, 11) is 0. The number of ether oxygens (including phenoxy) is 3. The summed E-state index contributed by atoms with van der Waals surface area (Å²) in [5.74, 6) is -0.0578. The maximum atomic E-state index is 14.4. The molecule has 2 saturated heterocycles. The van der Waals surface area contributed by atoms with E-state index in [0.29, 0.717) is 34.3 Å². The maximum Gasteiger partial charge on any atom is 0.251 e. The number of nitrogens with one attached hydrogen (secondary N) is 3. The number of carbonyl (C=O) groups excluding carboxylic acids is 4. The molecule has 4 N–H and O–H groups in total. The quantitative estimate of drug-likeness (QED) is 0.0752. The molecule has 0 radical (unpaired) electrons. The lowest BCUT2D eigenvalue weighted by Gasteiger charge is -2.63. The summed E-state index contributed by atoms with van der Waals surface area (Å²) in [5.41, 5.74) is 4.22. The van der Waals surface area contributed by atoms with Gasteiger partial charge in [-0.3, -0.25) is 29.0 Å². The minimum Gasteiger partial charge on any atom is -0.492 e. The van der Waals surface area contributed by atoms with Crippen molar-refractivity contribution in [1.29, 1.82) is 5.26 Å². The minimum absolute atomic E-state index is 0.00831. The summed E-state index contributed by atoms with van der Waals surface area (Å²) in [6.07, 6.45) is 2.80. The van der Waals surface area contributed by atoms with Crippen LogP contribution in [-0.2, 0) is 19.1 Å². The standard InChI is InChI=1S/C59H77ClN8O8S/c1-36(38-14-16-39(17-15-38)50-37(2)62-35-77-50)63-53(72)47-30-42(69)33-68(47)54(73)51(57(3,4)5)64-49(70)34-75-48-13-11-10-12-46(48)67-26-24-66(25-27-67)28-29-74-43-21-18-40(19-22-43)52(71)65-55-58(6,7)56(59(55,8)9)76-44-23-20-41(32-61)45(60)31-44/h14-23,31,35-36,42,46-48,51,55-56,69H,10-13,24-30,33-34H2,1-9H3,(H,63,72)(H,64,70)(H,65,71)/t36-,42+,46-,47?,48-,51+,55?,56?/m0/s1. The fraction of sp³-hybridized carbons (Fsp3) is 0.559. The van der Waals surface area contributed by atoms with Crippen LogP contribution < -0.4 is 25.4 Å². The van der Waals surface area contributed by atoms with E-state index in [-0.39, 0.29) is 72.6 Å². The fourth-order valence-electron chi connectivity index (χ4n) is 12.2. The Kier molecular flexibility index (Phi) is 18.1. The SMILES string of the molecule is Cc1ncsc1-c1ccc([C@H](C)NC(=O)C2C[C@@H](O)CN2C(=O)[C@@H](NC(=O)CO[C@H]2CCCC[C@@H]2N2CCN(CCOc3ccc(C(=O)NC4C(C)(C)C(Oc5ccc(C#N)c(Cl)c5)C4(C)C)cc3)CC2)C(C)(C)C)cc1. The van der Waals surface area contributed by atoms with Gasteiger partial charge in [-0.05, 0) is 79.6 Å². The number of benzene rings is 3. The molecule has 1 unspecified atom stereocenters. The van der Waals surface area contributed by atoms with Crippen LogP contribution in [-0.4, -0.2) is 143 Å². The third-order valence-corrected chi connectivity index (χ3v) is 17.5. The number of hydrogen-bond donors (Lipinski definition) is 4. The Morgan fingerprint density at radius 1 is 0.935 bits per heavy atom. The highest BCUT2D eigenvalue weighted by atomic mass is 35.5. The van der Waals surface area contributed by atoms with Crippen molar-refractivity contribution < 1.29 is 38.5 Å². The number of likely N-dealkylation sites (tertiary alicyclic amines) is 1. The van der Waals surface area contributed by atoms with E-state index < -0.39 is 35.4 Å². The summed E-state index contributed by atoms with van der Waals surface area (Å²) in [6.45, 7) is 22.3. The first-order chi connectivity index (χ1) is 36.5. The van der Waals surface area contributed by atoms with Crippen molar-refractivity contribution in [3.8, 4) is 28.0 Å². The van der Waals surface area contributed by atoms with Crippen LogP contribution in [0, 0.1) is 34.5 Å². The second kappa shape index (κ2) is 24.2. The van der Waals surface area contributed by atoms with Gasteiger partial charge in [0.15, 0.2) is 0 Å². The van der Waals surface area contributed by atoms with Gasteiger partial charge in [0, 0.05) is 80.2 Å². The molecule has 3 heterocycles. The van der Waals surface area contributed by atoms with Crippen molar-refractivity contribution in [2.45, 2.75) is 143 Å². The molecule has 4 aliphatic rings. The van der Waals surface area contributed by atoms with E-state index in [1.807, 2.05) is 76.5 Å². The molecular weight excluding hydrogens is 1020 g/mol.